The summed E-state index contributed by atoms with van der Waals surface area (Å²) in [5.41, 5.74) is 11.0. The number of carbonyl (C=O) groups is 3. The van der Waals surface area contributed by atoms with Crippen LogP contribution in [0.5, 0.6) is 0 Å². The standard InChI is InChI=1S/C21H19F2N5O3S/c1-11(20(30)26-10-12-6-8-13(22)9-7-12)28(15-5-3-2-4-14(15)23)21(31)18-16(24)17(19(25)29)27-32-18/h2-9,11H,10,24H2,1H3,(H2,25,29)(H,26,30)/t11-/m0/s1. The summed E-state index contributed by atoms with van der Waals surface area (Å²) in [6.07, 6.45) is 0. The van der Waals surface area contributed by atoms with Crippen LogP contribution < -0.4 is 21.7 Å². The van der Waals surface area contributed by atoms with Crippen molar-refractivity contribution in [2.75, 3.05) is 10.6 Å². The summed E-state index contributed by atoms with van der Waals surface area (Å²) in [7, 11) is 0. The maximum Gasteiger partial charge on any atom is 0.272 e. The number of halogens is 2. The molecule has 3 aromatic rings. The van der Waals surface area contributed by atoms with Crippen molar-refractivity contribution < 1.29 is 23.2 Å². The van der Waals surface area contributed by atoms with E-state index in [-0.39, 0.29) is 28.5 Å². The van der Waals surface area contributed by atoms with Crippen LogP contribution in [-0.4, -0.2) is 28.1 Å². The molecule has 166 valence electrons. The molecule has 11 heteroatoms. The number of amides is 3. The minimum Gasteiger partial charge on any atom is -0.395 e. The minimum absolute atomic E-state index is 0.0667. The van der Waals surface area contributed by atoms with Crippen LogP contribution >= 0.6 is 11.5 Å². The molecule has 0 unspecified atom stereocenters. The number of para-hydroxylation sites is 1. The summed E-state index contributed by atoms with van der Waals surface area (Å²) in [6.45, 7) is 1.48. The Balaban J connectivity index is 1.91. The lowest BCUT2D eigenvalue weighted by Gasteiger charge is -2.28. The Labute approximate surface area is 186 Å². The van der Waals surface area contributed by atoms with Crippen LogP contribution in [0.15, 0.2) is 48.5 Å². The van der Waals surface area contributed by atoms with Crippen molar-refractivity contribution in [2.24, 2.45) is 5.73 Å². The fourth-order valence-electron chi connectivity index (χ4n) is 2.94. The van der Waals surface area contributed by atoms with E-state index < -0.39 is 35.4 Å². The summed E-state index contributed by atoms with van der Waals surface area (Å²) < 4.78 is 31.4. The fraction of sp³-hybridized carbons (Fsp3) is 0.143. The number of benzene rings is 2. The number of anilines is 2. The van der Waals surface area contributed by atoms with Crippen molar-refractivity contribution in [3.8, 4) is 0 Å². The van der Waals surface area contributed by atoms with Crippen LogP contribution in [0.4, 0.5) is 20.2 Å². The van der Waals surface area contributed by atoms with E-state index in [0.29, 0.717) is 17.1 Å². The first-order chi connectivity index (χ1) is 15.2. The monoisotopic (exact) mass is 459 g/mol. The van der Waals surface area contributed by atoms with Gasteiger partial charge in [-0.2, -0.15) is 4.37 Å². The number of aromatic nitrogens is 1. The second-order valence-corrected chi connectivity index (χ2v) is 7.56. The van der Waals surface area contributed by atoms with Gasteiger partial charge in [-0.05, 0) is 48.3 Å². The zero-order valence-corrected chi connectivity index (χ0v) is 17.7. The number of nitrogens with two attached hydrogens (primary N) is 2. The molecule has 0 aliphatic heterocycles. The molecule has 8 nitrogen and oxygen atoms in total. The molecule has 0 spiro atoms. The first-order valence-corrected chi connectivity index (χ1v) is 10.1. The molecule has 3 rings (SSSR count). The second kappa shape index (κ2) is 9.52. The molecule has 32 heavy (non-hydrogen) atoms. The summed E-state index contributed by atoms with van der Waals surface area (Å²) in [5, 5.41) is 2.64. The Bertz CT molecular complexity index is 1170. The number of nitrogens with one attached hydrogen (secondary N) is 1. The fourth-order valence-corrected chi connectivity index (χ4v) is 3.68. The van der Waals surface area contributed by atoms with Gasteiger partial charge in [0.05, 0.1) is 11.4 Å². The largest absolute Gasteiger partial charge is 0.395 e. The van der Waals surface area contributed by atoms with Gasteiger partial charge in [-0.15, -0.1) is 0 Å². The lowest BCUT2D eigenvalue weighted by molar-refractivity contribution is -0.122. The van der Waals surface area contributed by atoms with Gasteiger partial charge in [0.25, 0.3) is 11.8 Å². The number of primary amides is 1. The molecule has 1 atom stereocenters. The van der Waals surface area contributed by atoms with Gasteiger partial charge in [0, 0.05) is 6.54 Å². The summed E-state index contributed by atoms with van der Waals surface area (Å²) in [4.78, 5) is 38.3. The predicted octanol–water partition coefficient (Wildman–Crippen LogP) is 2.45. The predicted molar refractivity (Wildman–Crippen MR) is 116 cm³/mol. The number of nitrogen functional groups attached to an aromatic ring is 1. The Hall–Kier alpha value is -3.86. The summed E-state index contributed by atoms with van der Waals surface area (Å²) >= 11 is 0.625. The van der Waals surface area contributed by atoms with Gasteiger partial charge in [-0.25, -0.2) is 8.78 Å². The number of hydrogen-bond acceptors (Lipinski definition) is 6. The molecule has 0 aliphatic carbocycles. The van der Waals surface area contributed by atoms with Crippen molar-refractivity contribution in [3.63, 3.8) is 0 Å². The van der Waals surface area contributed by atoms with Gasteiger partial charge in [-0.1, -0.05) is 24.3 Å². The van der Waals surface area contributed by atoms with Crippen LogP contribution in [0.2, 0.25) is 0 Å². The minimum atomic E-state index is -1.17. The van der Waals surface area contributed by atoms with Crippen LogP contribution in [-0.2, 0) is 11.3 Å². The van der Waals surface area contributed by atoms with Crippen molar-refractivity contribution in [3.05, 3.63) is 76.3 Å². The number of carbonyl (C=O) groups excluding carboxylic acids is 3. The Kier molecular flexibility index (Phi) is 6.79. The van der Waals surface area contributed by atoms with Crippen LogP contribution in [0.1, 0.15) is 32.6 Å². The van der Waals surface area contributed by atoms with E-state index in [9.17, 15) is 23.2 Å². The first-order valence-electron chi connectivity index (χ1n) is 9.36. The van der Waals surface area contributed by atoms with Gasteiger partial charge in [0.15, 0.2) is 5.69 Å². The normalized spacial score (nSPS) is 11.6. The average Bonchev–Trinajstić information content (AvgIpc) is 3.16. The topological polar surface area (TPSA) is 131 Å². The lowest BCUT2D eigenvalue weighted by atomic mass is 10.1. The number of rotatable bonds is 7. The van der Waals surface area contributed by atoms with E-state index in [1.54, 1.807) is 0 Å². The van der Waals surface area contributed by atoms with Crippen molar-refractivity contribution in [2.45, 2.75) is 19.5 Å². The van der Waals surface area contributed by atoms with E-state index in [1.165, 1.54) is 49.4 Å². The Morgan fingerprint density at radius 1 is 1.12 bits per heavy atom. The van der Waals surface area contributed by atoms with E-state index in [4.69, 9.17) is 11.5 Å². The zero-order chi connectivity index (χ0) is 23.4. The molecule has 0 saturated carbocycles. The second-order valence-electron chi connectivity index (χ2n) is 6.79. The maximum absolute atomic E-state index is 14.6. The summed E-state index contributed by atoms with van der Waals surface area (Å²) in [6, 6.07) is 9.77. The van der Waals surface area contributed by atoms with Crippen molar-refractivity contribution in [1.29, 1.82) is 0 Å². The Morgan fingerprint density at radius 2 is 1.78 bits per heavy atom. The quantitative estimate of drug-likeness (QED) is 0.499. The lowest BCUT2D eigenvalue weighted by Crippen LogP contribution is -2.48. The van der Waals surface area contributed by atoms with Crippen molar-refractivity contribution >= 4 is 40.6 Å². The van der Waals surface area contributed by atoms with Gasteiger partial charge in [-0.3, -0.25) is 19.3 Å². The highest BCUT2D eigenvalue weighted by Gasteiger charge is 2.33. The third-order valence-electron chi connectivity index (χ3n) is 4.63. The van der Waals surface area contributed by atoms with E-state index in [1.807, 2.05) is 0 Å². The third-order valence-corrected chi connectivity index (χ3v) is 5.48. The van der Waals surface area contributed by atoms with Crippen LogP contribution in [0.25, 0.3) is 0 Å². The maximum atomic E-state index is 14.6. The van der Waals surface area contributed by atoms with E-state index >= 15 is 0 Å². The molecule has 0 fully saturated rings. The SMILES string of the molecule is C[C@@H](C(=O)NCc1ccc(F)cc1)N(C(=O)c1snc(C(N)=O)c1N)c1ccccc1F. The molecule has 0 saturated heterocycles. The summed E-state index contributed by atoms with van der Waals surface area (Å²) in [5.74, 6) is -3.48. The smallest absolute Gasteiger partial charge is 0.272 e. The highest BCUT2D eigenvalue weighted by atomic mass is 32.1. The first kappa shape index (κ1) is 22.8. The molecule has 1 heterocycles. The van der Waals surface area contributed by atoms with E-state index in [2.05, 4.69) is 9.69 Å². The molecule has 3 amide bonds. The Morgan fingerprint density at radius 3 is 2.38 bits per heavy atom. The molecule has 2 aromatic carbocycles. The zero-order valence-electron chi connectivity index (χ0n) is 16.8. The van der Waals surface area contributed by atoms with Gasteiger partial charge < -0.3 is 16.8 Å². The number of hydrogen-bond donors (Lipinski definition) is 3. The average molecular weight is 459 g/mol. The number of nitrogens with zero attached hydrogens (tertiary/aromatic N) is 2. The van der Waals surface area contributed by atoms with Crippen LogP contribution in [0, 0.1) is 11.6 Å². The molecular formula is C21H19F2N5O3S. The van der Waals surface area contributed by atoms with Gasteiger partial charge >= 0.3 is 0 Å². The van der Waals surface area contributed by atoms with Gasteiger partial charge in [0.2, 0.25) is 5.91 Å². The van der Waals surface area contributed by atoms with E-state index in [0.717, 1.165) is 11.0 Å². The third kappa shape index (κ3) is 4.72. The van der Waals surface area contributed by atoms with Crippen molar-refractivity contribution in [1.82, 2.24) is 9.69 Å². The molecular weight excluding hydrogens is 440 g/mol. The molecule has 5 N–H and O–H groups in total. The molecule has 1 aromatic heterocycles. The van der Waals surface area contributed by atoms with Crippen LogP contribution in [0.3, 0.4) is 0 Å². The molecule has 0 radical (unpaired) electrons. The molecule has 0 bridgehead atoms. The highest BCUT2D eigenvalue weighted by Crippen LogP contribution is 2.29. The highest BCUT2D eigenvalue weighted by molar-refractivity contribution is 7.09. The molecule has 0 aliphatic rings. The van der Waals surface area contributed by atoms with Gasteiger partial charge in [0.1, 0.15) is 22.6 Å².